The maximum absolute atomic E-state index is 13.5. The molecule has 1 fully saturated rings. The second-order valence-corrected chi connectivity index (χ2v) is 10.9. The predicted molar refractivity (Wildman–Crippen MR) is 128 cm³/mol. The molecule has 9 heteroatoms. The summed E-state index contributed by atoms with van der Waals surface area (Å²) in [6.07, 6.45) is 2.12. The first-order valence-corrected chi connectivity index (χ1v) is 13.0. The standard InChI is InChI=1S/C24H26Cl2N2O4S/c1-16(2)23-24(33(29,30)32-21-11-19(25)10-20(26)12-21)28(13-17-8-9-17)22(27-23)15-31-14-18-6-4-3-5-7-18/h3-7,10-12,16-17H,8-9,13-15H2,1-2H3. The van der Waals surface area contributed by atoms with Gasteiger partial charge in [0.25, 0.3) is 0 Å². The number of nitrogens with zero attached hydrogens (tertiary/aromatic N) is 2. The summed E-state index contributed by atoms with van der Waals surface area (Å²) in [6, 6.07) is 14.2. The van der Waals surface area contributed by atoms with Gasteiger partial charge in [0.05, 0.1) is 12.3 Å². The van der Waals surface area contributed by atoms with Crippen LogP contribution in [0.2, 0.25) is 10.0 Å². The lowest BCUT2D eigenvalue weighted by molar-refractivity contribution is 0.0985. The van der Waals surface area contributed by atoms with Crippen molar-refractivity contribution in [2.75, 3.05) is 0 Å². The number of hydrogen-bond acceptors (Lipinski definition) is 5. The summed E-state index contributed by atoms with van der Waals surface area (Å²) in [5.41, 5.74) is 1.50. The number of aromatic nitrogens is 2. The third kappa shape index (κ3) is 6.09. The highest BCUT2D eigenvalue weighted by molar-refractivity contribution is 7.87. The summed E-state index contributed by atoms with van der Waals surface area (Å²) < 4.78 is 40.1. The minimum absolute atomic E-state index is 0.0586. The Balaban J connectivity index is 1.67. The van der Waals surface area contributed by atoms with Crippen molar-refractivity contribution in [1.82, 2.24) is 9.55 Å². The van der Waals surface area contributed by atoms with E-state index in [1.165, 1.54) is 18.2 Å². The Kier molecular flexibility index (Phi) is 7.34. The normalized spacial score (nSPS) is 14.1. The molecule has 0 amide bonds. The number of benzene rings is 2. The first-order chi connectivity index (χ1) is 15.7. The smallest absolute Gasteiger partial charge is 0.357 e. The van der Waals surface area contributed by atoms with Gasteiger partial charge in [-0.05, 0) is 36.3 Å². The molecule has 0 N–H and O–H groups in total. The highest BCUT2D eigenvalue weighted by Gasteiger charge is 2.34. The zero-order valence-corrected chi connectivity index (χ0v) is 20.8. The van der Waals surface area contributed by atoms with Crippen LogP contribution in [0.1, 0.15) is 49.7 Å². The molecule has 0 saturated heterocycles. The van der Waals surface area contributed by atoms with Crippen molar-refractivity contribution in [3.05, 3.63) is 75.7 Å². The molecule has 0 radical (unpaired) electrons. The minimum Gasteiger partial charge on any atom is -0.378 e. The number of hydrogen-bond donors (Lipinski definition) is 0. The molecule has 1 aromatic heterocycles. The lowest BCUT2D eigenvalue weighted by Gasteiger charge is -2.14. The molecule has 33 heavy (non-hydrogen) atoms. The Bertz CT molecular complexity index is 1200. The molecule has 4 rings (SSSR count). The van der Waals surface area contributed by atoms with Crippen LogP contribution >= 0.6 is 23.2 Å². The zero-order valence-electron chi connectivity index (χ0n) is 18.5. The highest BCUT2D eigenvalue weighted by atomic mass is 35.5. The van der Waals surface area contributed by atoms with Crippen molar-refractivity contribution in [1.29, 1.82) is 0 Å². The van der Waals surface area contributed by atoms with Gasteiger partial charge in [-0.3, -0.25) is 0 Å². The van der Waals surface area contributed by atoms with Crippen molar-refractivity contribution in [2.45, 2.75) is 57.4 Å². The Morgan fingerprint density at radius 2 is 1.73 bits per heavy atom. The number of halogens is 2. The summed E-state index contributed by atoms with van der Waals surface area (Å²) in [4.78, 5) is 4.69. The zero-order chi connectivity index (χ0) is 23.6. The van der Waals surface area contributed by atoms with Crippen LogP contribution in [-0.4, -0.2) is 18.0 Å². The topological polar surface area (TPSA) is 70.4 Å². The first-order valence-electron chi connectivity index (χ1n) is 10.8. The summed E-state index contributed by atoms with van der Waals surface area (Å²) in [5, 5.41) is 0.648. The van der Waals surface area contributed by atoms with Crippen LogP contribution in [0, 0.1) is 5.92 Å². The van der Waals surface area contributed by atoms with E-state index in [0.717, 1.165) is 18.4 Å². The Morgan fingerprint density at radius 3 is 2.33 bits per heavy atom. The number of ether oxygens (including phenoxy) is 1. The van der Waals surface area contributed by atoms with Crippen LogP contribution in [0.15, 0.2) is 53.6 Å². The molecular weight excluding hydrogens is 483 g/mol. The van der Waals surface area contributed by atoms with E-state index in [2.05, 4.69) is 0 Å². The summed E-state index contributed by atoms with van der Waals surface area (Å²) in [7, 11) is -4.20. The van der Waals surface area contributed by atoms with E-state index < -0.39 is 10.1 Å². The van der Waals surface area contributed by atoms with Crippen molar-refractivity contribution >= 4 is 33.3 Å². The molecule has 2 aromatic carbocycles. The fourth-order valence-corrected chi connectivity index (χ4v) is 5.50. The third-order valence-electron chi connectivity index (χ3n) is 5.33. The fourth-order valence-electron chi connectivity index (χ4n) is 3.58. The van der Waals surface area contributed by atoms with Crippen molar-refractivity contribution in [3.8, 4) is 5.75 Å². The molecule has 1 aliphatic rings. The van der Waals surface area contributed by atoms with Crippen LogP contribution in [-0.2, 0) is 34.6 Å². The van der Waals surface area contributed by atoms with Gasteiger partial charge in [-0.2, -0.15) is 8.42 Å². The predicted octanol–water partition coefficient (Wildman–Crippen LogP) is 6.21. The summed E-state index contributed by atoms with van der Waals surface area (Å²) >= 11 is 12.1. The summed E-state index contributed by atoms with van der Waals surface area (Å²) in [6.45, 7) is 4.98. The van der Waals surface area contributed by atoms with E-state index in [1.807, 2.05) is 44.2 Å². The van der Waals surface area contributed by atoms with Gasteiger partial charge in [0.2, 0.25) is 0 Å². The van der Waals surface area contributed by atoms with E-state index in [1.54, 1.807) is 4.57 Å². The lowest BCUT2D eigenvalue weighted by atomic mass is 10.1. The van der Waals surface area contributed by atoms with Crippen LogP contribution in [0.5, 0.6) is 5.75 Å². The molecule has 6 nitrogen and oxygen atoms in total. The maximum Gasteiger partial charge on any atom is 0.357 e. The second kappa shape index (κ2) is 10.1. The Labute approximate surface area is 204 Å². The van der Waals surface area contributed by atoms with Gasteiger partial charge in [0.15, 0.2) is 5.03 Å². The monoisotopic (exact) mass is 508 g/mol. The van der Waals surface area contributed by atoms with Crippen molar-refractivity contribution in [2.24, 2.45) is 5.92 Å². The van der Waals surface area contributed by atoms with Crippen LogP contribution in [0.4, 0.5) is 0 Å². The molecule has 0 atom stereocenters. The highest BCUT2D eigenvalue weighted by Crippen LogP contribution is 2.35. The maximum atomic E-state index is 13.5. The van der Waals surface area contributed by atoms with E-state index in [0.29, 0.717) is 40.6 Å². The van der Waals surface area contributed by atoms with Gasteiger partial charge in [-0.25, -0.2) is 4.98 Å². The molecule has 0 unspecified atom stereocenters. The van der Waals surface area contributed by atoms with Gasteiger partial charge in [-0.1, -0.05) is 67.4 Å². The quantitative estimate of drug-likeness (QED) is 0.304. The second-order valence-electron chi connectivity index (χ2n) is 8.55. The number of rotatable bonds is 10. The van der Waals surface area contributed by atoms with E-state index >= 15 is 0 Å². The average molecular weight is 509 g/mol. The van der Waals surface area contributed by atoms with Crippen LogP contribution < -0.4 is 4.18 Å². The fraction of sp³-hybridized carbons (Fsp3) is 0.375. The molecule has 1 saturated carbocycles. The van der Waals surface area contributed by atoms with Gasteiger partial charge >= 0.3 is 10.1 Å². The van der Waals surface area contributed by atoms with Crippen LogP contribution in [0.3, 0.4) is 0 Å². The average Bonchev–Trinajstić information content (AvgIpc) is 3.47. The molecule has 0 bridgehead atoms. The van der Waals surface area contributed by atoms with Gasteiger partial charge in [-0.15, -0.1) is 0 Å². The van der Waals surface area contributed by atoms with E-state index in [4.69, 9.17) is 37.1 Å². The van der Waals surface area contributed by atoms with Crippen molar-refractivity contribution in [3.63, 3.8) is 0 Å². The molecule has 0 spiro atoms. The number of imidazole rings is 1. The van der Waals surface area contributed by atoms with Crippen molar-refractivity contribution < 1.29 is 17.3 Å². The lowest BCUT2D eigenvalue weighted by Crippen LogP contribution is -2.19. The molecular formula is C24H26Cl2N2O4S. The third-order valence-corrected chi connectivity index (χ3v) is 7.08. The molecule has 176 valence electrons. The molecule has 1 aliphatic carbocycles. The molecule has 3 aromatic rings. The minimum atomic E-state index is -4.20. The molecule has 0 aliphatic heterocycles. The van der Waals surface area contributed by atoms with Gasteiger partial charge < -0.3 is 13.5 Å². The van der Waals surface area contributed by atoms with Gasteiger partial charge in [0.1, 0.15) is 18.2 Å². The molecule has 1 heterocycles. The Hall–Kier alpha value is -2.06. The van der Waals surface area contributed by atoms with E-state index in [9.17, 15) is 8.42 Å². The Morgan fingerprint density at radius 1 is 1.06 bits per heavy atom. The van der Waals surface area contributed by atoms with Gasteiger partial charge in [0, 0.05) is 28.7 Å². The SMILES string of the molecule is CC(C)c1nc(COCc2ccccc2)n(CC2CC2)c1S(=O)(=O)Oc1cc(Cl)cc(Cl)c1. The van der Waals surface area contributed by atoms with Crippen LogP contribution in [0.25, 0.3) is 0 Å². The van der Waals surface area contributed by atoms with E-state index in [-0.39, 0.29) is 23.3 Å². The first kappa shape index (κ1) is 24.1. The largest absolute Gasteiger partial charge is 0.378 e. The summed E-state index contributed by atoms with van der Waals surface area (Å²) in [5.74, 6) is 0.924.